The fraction of sp³-hybridized carbons (Fsp3) is 0.450. The van der Waals surface area contributed by atoms with Gasteiger partial charge < -0.3 is 26.6 Å². The number of anilines is 4. The van der Waals surface area contributed by atoms with E-state index >= 15 is 0 Å². The number of amides is 1. The molecule has 0 aliphatic carbocycles. The van der Waals surface area contributed by atoms with E-state index in [1.54, 1.807) is 6.07 Å². The third-order valence-corrected chi connectivity index (χ3v) is 5.51. The van der Waals surface area contributed by atoms with Gasteiger partial charge in [-0.1, -0.05) is 0 Å². The van der Waals surface area contributed by atoms with E-state index in [2.05, 4.69) is 15.3 Å². The number of hydrogen-bond donors (Lipinski definition) is 3. The molecule has 0 radical (unpaired) electrons. The summed E-state index contributed by atoms with van der Waals surface area (Å²) in [6.07, 6.45) is -0.526. The van der Waals surface area contributed by atoms with Gasteiger partial charge in [0.1, 0.15) is 11.4 Å². The molecule has 2 fully saturated rings. The van der Waals surface area contributed by atoms with E-state index in [1.807, 2.05) is 9.80 Å². The summed E-state index contributed by atoms with van der Waals surface area (Å²) in [5, 5.41) is 2.86. The van der Waals surface area contributed by atoms with Crippen LogP contribution in [0.1, 0.15) is 35.2 Å². The van der Waals surface area contributed by atoms with Crippen molar-refractivity contribution in [2.75, 3.05) is 41.3 Å². The lowest BCUT2D eigenvalue weighted by Crippen LogP contribution is -2.43. The average molecular weight is 435 g/mol. The van der Waals surface area contributed by atoms with Crippen molar-refractivity contribution in [3.63, 3.8) is 0 Å². The monoisotopic (exact) mass is 435 g/mol. The molecule has 1 aromatic carbocycles. The first-order valence-corrected chi connectivity index (χ1v) is 10.1. The number of alkyl halides is 3. The predicted octanol–water partition coefficient (Wildman–Crippen LogP) is 2.48. The second-order valence-electron chi connectivity index (χ2n) is 7.88. The quantitative estimate of drug-likeness (QED) is 0.661. The number of nitrogens with zero attached hydrogens (tertiary/aromatic N) is 4. The van der Waals surface area contributed by atoms with E-state index in [1.165, 1.54) is 6.20 Å². The van der Waals surface area contributed by atoms with Crippen molar-refractivity contribution in [2.45, 2.75) is 31.5 Å². The summed E-state index contributed by atoms with van der Waals surface area (Å²) in [5.74, 6) is -0.373. The highest BCUT2D eigenvalue weighted by Crippen LogP contribution is 2.36. The van der Waals surface area contributed by atoms with Gasteiger partial charge in [0.15, 0.2) is 0 Å². The molecule has 1 aromatic heterocycles. The zero-order valence-corrected chi connectivity index (χ0v) is 16.8. The number of carbonyl (C=O) groups excluding carboxylic acids is 1. The van der Waals surface area contributed by atoms with E-state index in [0.29, 0.717) is 37.8 Å². The minimum atomic E-state index is -4.51. The van der Waals surface area contributed by atoms with Gasteiger partial charge in [-0.25, -0.2) is 4.98 Å². The van der Waals surface area contributed by atoms with Gasteiger partial charge in [-0.15, -0.1) is 0 Å². The smallest absolute Gasteiger partial charge is 0.371 e. The van der Waals surface area contributed by atoms with Crippen LogP contribution in [0.25, 0.3) is 0 Å². The molecule has 2 aromatic rings. The standard InChI is InChI=1S/C20H24F3N7O/c21-20(22,23)12-7-14(9-15(8-12)29-5-2-6-29)27-18-16(17(25)31)10-26-19(28-18)30-4-1-3-13(24)11-30/h7-10,13H,1-6,11,24H2,(H2,25,31)(H,26,27,28). The van der Waals surface area contributed by atoms with E-state index in [9.17, 15) is 18.0 Å². The molecule has 2 aliphatic rings. The fourth-order valence-electron chi connectivity index (χ4n) is 3.73. The Morgan fingerprint density at radius 1 is 1.13 bits per heavy atom. The highest BCUT2D eigenvalue weighted by Gasteiger charge is 2.32. The molecule has 0 bridgehead atoms. The van der Waals surface area contributed by atoms with Gasteiger partial charge in [0.2, 0.25) is 5.95 Å². The molecule has 2 saturated heterocycles. The lowest BCUT2D eigenvalue weighted by atomic mass is 10.1. The Balaban J connectivity index is 1.70. The Labute approximate surface area is 177 Å². The van der Waals surface area contributed by atoms with E-state index in [4.69, 9.17) is 11.5 Å². The molecule has 0 saturated carbocycles. The number of hydrogen-bond acceptors (Lipinski definition) is 7. The molecule has 11 heteroatoms. The first kappa shape index (κ1) is 21.2. The molecule has 1 unspecified atom stereocenters. The lowest BCUT2D eigenvalue weighted by Gasteiger charge is -2.34. The molecular formula is C20H24F3N7O. The SMILES string of the molecule is NC(=O)c1cnc(N2CCCC(N)C2)nc1Nc1cc(N2CCC2)cc(C(F)(F)F)c1. The van der Waals surface area contributed by atoms with Gasteiger partial charge in [0.05, 0.1) is 5.56 Å². The van der Waals surface area contributed by atoms with Gasteiger partial charge in [-0.2, -0.15) is 18.2 Å². The van der Waals surface area contributed by atoms with Crippen molar-refractivity contribution >= 4 is 29.0 Å². The van der Waals surface area contributed by atoms with Gasteiger partial charge in [-0.05, 0) is 37.5 Å². The lowest BCUT2D eigenvalue weighted by molar-refractivity contribution is -0.137. The Hall–Kier alpha value is -3.08. The number of nitrogens with two attached hydrogens (primary N) is 2. The molecular weight excluding hydrogens is 411 g/mol. The van der Waals surface area contributed by atoms with Gasteiger partial charge in [0, 0.05) is 49.8 Å². The van der Waals surface area contributed by atoms with Crippen LogP contribution < -0.4 is 26.6 Å². The third-order valence-electron chi connectivity index (χ3n) is 5.51. The van der Waals surface area contributed by atoms with Crippen molar-refractivity contribution in [3.8, 4) is 0 Å². The van der Waals surface area contributed by atoms with E-state index in [0.717, 1.165) is 31.4 Å². The Morgan fingerprint density at radius 3 is 2.48 bits per heavy atom. The Kier molecular flexibility index (Phi) is 5.61. The van der Waals surface area contributed by atoms with Crippen LogP contribution in [0.5, 0.6) is 0 Å². The summed E-state index contributed by atoms with van der Waals surface area (Å²) >= 11 is 0. The van der Waals surface area contributed by atoms with Crippen molar-refractivity contribution in [1.29, 1.82) is 0 Å². The maximum absolute atomic E-state index is 13.5. The number of halogens is 3. The summed E-state index contributed by atoms with van der Waals surface area (Å²) in [5.41, 5.74) is 11.3. The van der Waals surface area contributed by atoms with Crippen LogP contribution in [0.4, 0.5) is 36.3 Å². The Bertz CT molecular complexity index is 978. The molecule has 8 nitrogen and oxygen atoms in total. The van der Waals surface area contributed by atoms with E-state index < -0.39 is 17.6 Å². The summed E-state index contributed by atoms with van der Waals surface area (Å²) in [4.78, 5) is 24.3. The van der Waals surface area contributed by atoms with Crippen LogP contribution in [-0.4, -0.2) is 48.1 Å². The highest BCUT2D eigenvalue weighted by atomic mass is 19.4. The van der Waals surface area contributed by atoms with Gasteiger partial charge in [-0.3, -0.25) is 4.79 Å². The summed E-state index contributed by atoms with van der Waals surface area (Å²) in [6.45, 7) is 2.64. The van der Waals surface area contributed by atoms with Crippen molar-refractivity contribution < 1.29 is 18.0 Å². The average Bonchev–Trinajstić information content (AvgIpc) is 2.65. The minimum Gasteiger partial charge on any atom is -0.371 e. The maximum Gasteiger partial charge on any atom is 0.416 e. The number of rotatable bonds is 5. The van der Waals surface area contributed by atoms with Gasteiger partial charge in [0.25, 0.3) is 5.91 Å². The third kappa shape index (κ3) is 4.66. The molecule has 4 rings (SSSR count). The largest absolute Gasteiger partial charge is 0.416 e. The van der Waals surface area contributed by atoms with Gasteiger partial charge >= 0.3 is 6.18 Å². The number of nitrogens with one attached hydrogen (secondary N) is 1. The molecule has 5 N–H and O–H groups in total. The number of piperidine rings is 1. The summed E-state index contributed by atoms with van der Waals surface area (Å²) in [6, 6.07) is 3.71. The second kappa shape index (κ2) is 8.22. The predicted molar refractivity (Wildman–Crippen MR) is 112 cm³/mol. The Morgan fingerprint density at radius 2 is 1.87 bits per heavy atom. The number of aromatic nitrogens is 2. The molecule has 31 heavy (non-hydrogen) atoms. The molecule has 0 spiro atoms. The maximum atomic E-state index is 13.5. The number of primary amides is 1. The molecule has 2 aliphatic heterocycles. The molecule has 1 atom stereocenters. The first-order valence-electron chi connectivity index (χ1n) is 10.1. The van der Waals surface area contributed by atoms with Crippen LogP contribution in [0.2, 0.25) is 0 Å². The normalized spacial score (nSPS) is 19.2. The van der Waals surface area contributed by atoms with Crippen LogP contribution in [0, 0.1) is 0 Å². The highest BCUT2D eigenvalue weighted by molar-refractivity contribution is 5.98. The number of benzene rings is 1. The summed E-state index contributed by atoms with van der Waals surface area (Å²) in [7, 11) is 0. The van der Waals surface area contributed by atoms with Crippen molar-refractivity contribution in [2.24, 2.45) is 11.5 Å². The van der Waals surface area contributed by atoms with E-state index in [-0.39, 0.29) is 23.1 Å². The van der Waals surface area contributed by atoms with Crippen LogP contribution in [0.3, 0.4) is 0 Å². The summed E-state index contributed by atoms with van der Waals surface area (Å²) < 4.78 is 40.4. The zero-order valence-electron chi connectivity index (χ0n) is 16.8. The minimum absolute atomic E-state index is 0.00651. The fourth-order valence-corrected chi connectivity index (χ4v) is 3.73. The van der Waals surface area contributed by atoms with Crippen LogP contribution in [0.15, 0.2) is 24.4 Å². The molecule has 166 valence electrons. The second-order valence-corrected chi connectivity index (χ2v) is 7.88. The van der Waals surface area contributed by atoms with Crippen LogP contribution >= 0.6 is 0 Å². The van der Waals surface area contributed by atoms with Crippen molar-refractivity contribution in [3.05, 3.63) is 35.5 Å². The molecule has 3 heterocycles. The molecule has 1 amide bonds. The zero-order chi connectivity index (χ0) is 22.2. The topological polar surface area (TPSA) is 113 Å². The number of carbonyl (C=O) groups is 1. The first-order chi connectivity index (χ1) is 14.7. The van der Waals surface area contributed by atoms with Crippen molar-refractivity contribution in [1.82, 2.24) is 9.97 Å². The van der Waals surface area contributed by atoms with Crippen LogP contribution in [-0.2, 0) is 6.18 Å².